The zero-order chi connectivity index (χ0) is 11.1. The van der Waals surface area contributed by atoms with Crippen molar-refractivity contribution < 1.29 is 4.74 Å². The Morgan fingerprint density at radius 2 is 2.07 bits per heavy atom. The average Bonchev–Trinajstić information content (AvgIpc) is 2.53. The number of hydrogen-bond acceptors (Lipinski definition) is 2. The van der Waals surface area contributed by atoms with Gasteiger partial charge in [-0.05, 0) is 45.1 Å². The molecule has 0 amide bonds. The largest absolute Gasteiger partial charge is 0.377 e. The highest BCUT2D eigenvalue weighted by molar-refractivity contribution is 5.06. The van der Waals surface area contributed by atoms with Gasteiger partial charge in [0.25, 0.3) is 0 Å². The summed E-state index contributed by atoms with van der Waals surface area (Å²) < 4.78 is 5.88. The second-order valence-electron chi connectivity index (χ2n) is 6.45. The SMILES string of the molecule is CC(C)OC[C@]12CCCN1CC(C)(C)C2. The maximum atomic E-state index is 5.88. The summed E-state index contributed by atoms with van der Waals surface area (Å²) in [6.07, 6.45) is 4.37. The number of ether oxygens (including phenoxy) is 1. The van der Waals surface area contributed by atoms with Crippen LogP contribution in [0.4, 0.5) is 0 Å². The average molecular weight is 211 g/mol. The molecule has 0 aromatic rings. The van der Waals surface area contributed by atoms with Crippen molar-refractivity contribution >= 4 is 0 Å². The molecule has 1 atom stereocenters. The van der Waals surface area contributed by atoms with Crippen LogP contribution in [0.3, 0.4) is 0 Å². The van der Waals surface area contributed by atoms with Gasteiger partial charge in [-0.25, -0.2) is 0 Å². The Balaban J connectivity index is 2.04. The van der Waals surface area contributed by atoms with Gasteiger partial charge in [-0.15, -0.1) is 0 Å². The fourth-order valence-corrected chi connectivity index (χ4v) is 3.44. The lowest BCUT2D eigenvalue weighted by atomic mass is 9.83. The zero-order valence-electron chi connectivity index (χ0n) is 10.7. The summed E-state index contributed by atoms with van der Waals surface area (Å²) >= 11 is 0. The molecule has 0 aliphatic carbocycles. The maximum absolute atomic E-state index is 5.88. The van der Waals surface area contributed by atoms with Gasteiger partial charge >= 0.3 is 0 Å². The monoisotopic (exact) mass is 211 g/mol. The van der Waals surface area contributed by atoms with Gasteiger partial charge in [-0.2, -0.15) is 0 Å². The van der Waals surface area contributed by atoms with Crippen molar-refractivity contribution in [2.24, 2.45) is 5.41 Å². The van der Waals surface area contributed by atoms with Crippen LogP contribution in [0.25, 0.3) is 0 Å². The molecule has 2 aliphatic heterocycles. The van der Waals surface area contributed by atoms with Crippen LogP contribution in [0.15, 0.2) is 0 Å². The van der Waals surface area contributed by atoms with Gasteiger partial charge in [0.1, 0.15) is 0 Å². The van der Waals surface area contributed by atoms with Gasteiger partial charge in [-0.1, -0.05) is 13.8 Å². The van der Waals surface area contributed by atoms with Gasteiger partial charge in [0.15, 0.2) is 0 Å². The standard InChI is InChI=1S/C13H25NO/c1-11(2)15-10-13-6-5-7-14(13)9-12(3,4)8-13/h11H,5-10H2,1-4H3/t13-/m1/s1. The molecular formula is C13H25NO. The van der Waals surface area contributed by atoms with Crippen LogP contribution in [-0.4, -0.2) is 36.2 Å². The lowest BCUT2D eigenvalue weighted by Gasteiger charge is -2.32. The molecule has 15 heavy (non-hydrogen) atoms. The quantitative estimate of drug-likeness (QED) is 0.711. The summed E-state index contributed by atoms with van der Waals surface area (Å²) in [7, 11) is 0. The molecule has 0 N–H and O–H groups in total. The summed E-state index contributed by atoms with van der Waals surface area (Å²) in [5.41, 5.74) is 0.870. The summed E-state index contributed by atoms with van der Waals surface area (Å²) in [4.78, 5) is 2.68. The van der Waals surface area contributed by atoms with Crippen LogP contribution >= 0.6 is 0 Å². The van der Waals surface area contributed by atoms with Gasteiger partial charge in [0.2, 0.25) is 0 Å². The Labute approximate surface area is 94.0 Å². The van der Waals surface area contributed by atoms with Crippen molar-refractivity contribution in [3.05, 3.63) is 0 Å². The molecule has 0 saturated carbocycles. The van der Waals surface area contributed by atoms with Crippen molar-refractivity contribution in [2.45, 2.75) is 58.6 Å². The molecule has 0 spiro atoms. The fourth-order valence-electron chi connectivity index (χ4n) is 3.44. The van der Waals surface area contributed by atoms with E-state index in [-0.39, 0.29) is 0 Å². The summed E-state index contributed by atoms with van der Waals surface area (Å²) in [6.45, 7) is 12.5. The van der Waals surface area contributed by atoms with Crippen molar-refractivity contribution in [3.8, 4) is 0 Å². The first kappa shape index (κ1) is 11.4. The van der Waals surface area contributed by atoms with Crippen LogP contribution in [0.1, 0.15) is 47.0 Å². The van der Waals surface area contributed by atoms with Crippen LogP contribution in [0.5, 0.6) is 0 Å². The Morgan fingerprint density at radius 1 is 1.33 bits per heavy atom. The van der Waals surface area contributed by atoms with E-state index >= 15 is 0 Å². The smallest absolute Gasteiger partial charge is 0.0654 e. The number of rotatable bonds is 3. The summed E-state index contributed by atoms with van der Waals surface area (Å²) in [5, 5.41) is 0. The van der Waals surface area contributed by atoms with Crippen LogP contribution in [0.2, 0.25) is 0 Å². The maximum Gasteiger partial charge on any atom is 0.0654 e. The Bertz CT molecular complexity index is 237. The molecule has 2 saturated heterocycles. The molecule has 2 rings (SSSR count). The molecule has 2 heteroatoms. The van der Waals surface area contributed by atoms with Crippen molar-refractivity contribution in [1.82, 2.24) is 4.90 Å². The zero-order valence-corrected chi connectivity index (χ0v) is 10.7. The number of fused-ring (bicyclic) bond motifs is 1. The van der Waals surface area contributed by atoms with Gasteiger partial charge < -0.3 is 4.74 Å². The van der Waals surface area contributed by atoms with E-state index in [4.69, 9.17) is 4.74 Å². The molecule has 2 fully saturated rings. The third-order valence-electron chi connectivity index (χ3n) is 3.85. The van der Waals surface area contributed by atoms with Crippen molar-refractivity contribution in [2.75, 3.05) is 19.7 Å². The molecule has 0 aromatic heterocycles. The van der Waals surface area contributed by atoms with Crippen molar-refractivity contribution in [3.63, 3.8) is 0 Å². The lowest BCUT2D eigenvalue weighted by molar-refractivity contribution is 0.00254. The molecule has 2 heterocycles. The minimum Gasteiger partial charge on any atom is -0.377 e. The van der Waals surface area contributed by atoms with Gasteiger partial charge in [0.05, 0.1) is 12.7 Å². The van der Waals surface area contributed by atoms with Gasteiger partial charge in [0, 0.05) is 12.1 Å². The van der Waals surface area contributed by atoms with Crippen LogP contribution in [-0.2, 0) is 4.74 Å². The molecule has 2 nitrogen and oxygen atoms in total. The fraction of sp³-hybridized carbons (Fsp3) is 1.00. The van der Waals surface area contributed by atoms with E-state index in [0.717, 1.165) is 6.61 Å². The first-order valence-corrected chi connectivity index (χ1v) is 6.30. The highest BCUT2D eigenvalue weighted by atomic mass is 16.5. The molecular weight excluding hydrogens is 186 g/mol. The molecule has 2 aliphatic rings. The Kier molecular flexibility index (Phi) is 2.85. The highest BCUT2D eigenvalue weighted by Gasteiger charge is 2.51. The van der Waals surface area contributed by atoms with E-state index in [1.807, 2.05) is 0 Å². The first-order valence-electron chi connectivity index (χ1n) is 6.30. The first-order chi connectivity index (χ1) is 6.94. The van der Waals surface area contributed by atoms with Crippen molar-refractivity contribution in [1.29, 1.82) is 0 Å². The van der Waals surface area contributed by atoms with E-state index in [1.165, 1.54) is 32.4 Å². The molecule has 0 radical (unpaired) electrons. The third kappa shape index (κ3) is 2.21. The predicted octanol–water partition coefficient (Wildman–Crippen LogP) is 2.68. The second-order valence-corrected chi connectivity index (χ2v) is 6.45. The molecule has 88 valence electrons. The number of hydrogen-bond donors (Lipinski definition) is 0. The third-order valence-corrected chi connectivity index (χ3v) is 3.85. The highest BCUT2D eigenvalue weighted by Crippen LogP contribution is 2.47. The normalized spacial score (nSPS) is 35.0. The van der Waals surface area contributed by atoms with Crippen LogP contribution < -0.4 is 0 Å². The van der Waals surface area contributed by atoms with Gasteiger partial charge in [-0.3, -0.25) is 4.90 Å². The van der Waals surface area contributed by atoms with E-state index in [2.05, 4.69) is 32.6 Å². The van der Waals surface area contributed by atoms with E-state index in [0.29, 0.717) is 17.1 Å². The van der Waals surface area contributed by atoms with E-state index < -0.39 is 0 Å². The predicted molar refractivity (Wildman–Crippen MR) is 63.0 cm³/mol. The molecule has 0 bridgehead atoms. The summed E-state index contributed by atoms with van der Waals surface area (Å²) in [6, 6.07) is 0. The van der Waals surface area contributed by atoms with Crippen LogP contribution in [0, 0.1) is 5.41 Å². The second kappa shape index (κ2) is 3.74. The molecule has 0 unspecified atom stereocenters. The Hall–Kier alpha value is -0.0800. The Morgan fingerprint density at radius 3 is 2.73 bits per heavy atom. The topological polar surface area (TPSA) is 12.5 Å². The molecule has 0 aromatic carbocycles. The minimum absolute atomic E-state index is 0.366. The lowest BCUT2D eigenvalue weighted by Crippen LogP contribution is -2.43. The minimum atomic E-state index is 0.366. The van der Waals surface area contributed by atoms with E-state index in [9.17, 15) is 0 Å². The summed E-state index contributed by atoms with van der Waals surface area (Å²) in [5.74, 6) is 0. The number of nitrogens with zero attached hydrogens (tertiary/aromatic N) is 1. The van der Waals surface area contributed by atoms with E-state index in [1.54, 1.807) is 0 Å².